The van der Waals surface area contributed by atoms with Gasteiger partial charge in [-0.3, -0.25) is 4.79 Å². The molecule has 4 atom stereocenters. The number of ether oxygens (including phenoxy) is 1. The summed E-state index contributed by atoms with van der Waals surface area (Å²) in [5.41, 5.74) is 4.03. The van der Waals surface area contributed by atoms with Gasteiger partial charge >= 0.3 is 5.97 Å². The van der Waals surface area contributed by atoms with Crippen LogP contribution in [0.5, 0.6) is 5.75 Å². The number of rotatable bonds is 0. The van der Waals surface area contributed by atoms with Crippen LogP contribution in [0.3, 0.4) is 0 Å². The molecule has 1 saturated carbocycles. The first-order chi connectivity index (χ1) is 11.4. The van der Waals surface area contributed by atoms with Gasteiger partial charge in [0.15, 0.2) is 0 Å². The zero-order valence-electron chi connectivity index (χ0n) is 13.8. The topological polar surface area (TPSA) is 66.8 Å². The Balaban J connectivity index is 1.62. The molecule has 0 radical (unpaired) electrons. The number of fused-ring (bicyclic) bond motifs is 6. The molecular formula is C20H22O4. The number of esters is 1. The Morgan fingerprint density at radius 1 is 1.25 bits per heavy atom. The summed E-state index contributed by atoms with van der Waals surface area (Å²) < 4.78 is 5.47. The highest BCUT2D eigenvalue weighted by atomic mass is 16.6. The lowest BCUT2D eigenvalue weighted by Crippen LogP contribution is -2.49. The lowest BCUT2D eigenvalue weighted by Gasteiger charge is -2.47. The third kappa shape index (κ3) is 1.60. The summed E-state index contributed by atoms with van der Waals surface area (Å²) in [7, 11) is 0. The molecule has 4 aliphatic rings. The number of carbonyl (C=O) groups excluding carboxylic acids is 1. The number of phenols is 1. The fraction of sp³-hybridized carbons (Fsp3) is 0.550. The maximum Gasteiger partial charge on any atom is 0.309 e. The number of aliphatic hydroxyl groups is 1. The average Bonchev–Trinajstić information content (AvgIpc) is 2.94. The minimum absolute atomic E-state index is 0.137. The van der Waals surface area contributed by atoms with Gasteiger partial charge in [-0.25, -0.2) is 0 Å². The molecule has 1 aromatic carbocycles. The van der Waals surface area contributed by atoms with E-state index in [0.717, 1.165) is 32.1 Å². The van der Waals surface area contributed by atoms with Gasteiger partial charge in [-0.15, -0.1) is 0 Å². The Morgan fingerprint density at radius 3 is 2.92 bits per heavy atom. The van der Waals surface area contributed by atoms with Gasteiger partial charge in [0, 0.05) is 5.41 Å². The number of hydrogen-bond donors (Lipinski definition) is 2. The van der Waals surface area contributed by atoms with Gasteiger partial charge in [0.2, 0.25) is 0 Å². The van der Waals surface area contributed by atoms with Crippen LogP contribution in [0.4, 0.5) is 0 Å². The fourth-order valence-corrected chi connectivity index (χ4v) is 5.88. The molecule has 3 aliphatic carbocycles. The van der Waals surface area contributed by atoms with Gasteiger partial charge in [0.05, 0.1) is 6.42 Å². The van der Waals surface area contributed by atoms with E-state index in [1.54, 1.807) is 6.07 Å². The van der Waals surface area contributed by atoms with Gasteiger partial charge in [0.25, 0.3) is 0 Å². The van der Waals surface area contributed by atoms with Gasteiger partial charge in [-0.05, 0) is 66.9 Å². The Hall–Kier alpha value is -1.81. The molecule has 1 heterocycles. The molecule has 24 heavy (non-hydrogen) atoms. The van der Waals surface area contributed by atoms with Crippen molar-refractivity contribution >= 4 is 11.5 Å². The molecule has 0 amide bonds. The average molecular weight is 326 g/mol. The number of benzene rings is 1. The van der Waals surface area contributed by atoms with Crippen LogP contribution in [0, 0.1) is 11.3 Å². The fourth-order valence-electron chi connectivity index (χ4n) is 5.88. The first-order valence-electron chi connectivity index (χ1n) is 8.88. The zero-order chi connectivity index (χ0) is 16.7. The molecule has 5 rings (SSSR count). The highest BCUT2D eigenvalue weighted by Crippen LogP contribution is 2.64. The third-order valence-electron chi connectivity index (χ3n) is 7.21. The Labute approximate surface area is 141 Å². The quantitative estimate of drug-likeness (QED) is 0.719. The lowest BCUT2D eigenvalue weighted by molar-refractivity contribution is -0.142. The van der Waals surface area contributed by atoms with E-state index in [0.29, 0.717) is 5.75 Å². The number of phenolic OH excluding ortho intramolecular Hbond substituents is 1. The number of allylic oxidation sites excluding steroid dienone is 2. The molecule has 0 aromatic heterocycles. The van der Waals surface area contributed by atoms with E-state index < -0.39 is 5.60 Å². The lowest BCUT2D eigenvalue weighted by atomic mass is 9.58. The number of aromatic hydroxyl groups is 1. The van der Waals surface area contributed by atoms with E-state index in [4.69, 9.17) is 4.74 Å². The van der Waals surface area contributed by atoms with Crippen LogP contribution in [0.2, 0.25) is 0 Å². The van der Waals surface area contributed by atoms with Crippen molar-refractivity contribution in [1.82, 2.24) is 0 Å². The first-order valence-corrected chi connectivity index (χ1v) is 8.88. The van der Waals surface area contributed by atoms with E-state index in [1.165, 1.54) is 22.3 Å². The standard InChI is InChI=1S/C20H22O4/c1-19-7-6-14-13-5-3-12(21)8-11(13)2-4-15(14)16(19)9-17-20(19,23)10-18(22)24-17/h3,5,8,16-17,21,23H,2,4,6-7,9-10H2,1H3/t16-,17?,19-,20+/m0/s1. The summed E-state index contributed by atoms with van der Waals surface area (Å²) in [6.07, 6.45) is 4.22. The van der Waals surface area contributed by atoms with Crippen molar-refractivity contribution in [2.75, 3.05) is 0 Å². The van der Waals surface area contributed by atoms with Crippen molar-refractivity contribution in [3.8, 4) is 5.75 Å². The van der Waals surface area contributed by atoms with Gasteiger partial charge in [-0.2, -0.15) is 0 Å². The van der Waals surface area contributed by atoms with Crippen molar-refractivity contribution < 1.29 is 19.7 Å². The minimum Gasteiger partial charge on any atom is -0.508 e. The van der Waals surface area contributed by atoms with Crippen LogP contribution in [0.1, 0.15) is 50.2 Å². The van der Waals surface area contributed by atoms with Crippen molar-refractivity contribution in [2.45, 2.75) is 57.2 Å². The van der Waals surface area contributed by atoms with E-state index in [1.807, 2.05) is 12.1 Å². The summed E-state index contributed by atoms with van der Waals surface area (Å²) in [5.74, 6) is 0.354. The van der Waals surface area contributed by atoms with Crippen LogP contribution in [-0.4, -0.2) is 27.9 Å². The zero-order valence-corrected chi connectivity index (χ0v) is 13.8. The van der Waals surface area contributed by atoms with Crippen LogP contribution in [0.15, 0.2) is 23.8 Å². The Kier molecular flexibility index (Phi) is 2.68. The molecule has 0 spiro atoms. The summed E-state index contributed by atoms with van der Waals surface area (Å²) in [4.78, 5) is 11.7. The number of hydrogen-bond acceptors (Lipinski definition) is 4. The molecule has 2 fully saturated rings. The van der Waals surface area contributed by atoms with Crippen LogP contribution < -0.4 is 0 Å². The minimum atomic E-state index is -1.01. The molecule has 126 valence electrons. The smallest absolute Gasteiger partial charge is 0.309 e. The number of aryl methyl sites for hydroxylation is 1. The van der Waals surface area contributed by atoms with Crippen molar-refractivity contribution in [3.63, 3.8) is 0 Å². The Morgan fingerprint density at radius 2 is 2.08 bits per heavy atom. The third-order valence-corrected chi connectivity index (χ3v) is 7.21. The summed E-state index contributed by atoms with van der Waals surface area (Å²) >= 11 is 0. The highest BCUT2D eigenvalue weighted by Gasteiger charge is 2.68. The van der Waals surface area contributed by atoms with E-state index in [9.17, 15) is 15.0 Å². The Bertz CT molecular complexity index is 795. The molecular weight excluding hydrogens is 304 g/mol. The van der Waals surface area contributed by atoms with E-state index in [2.05, 4.69) is 6.92 Å². The SMILES string of the molecule is C[C@]12CCC3=C(CCc4cc(O)ccc43)[C@@H]1CC1OC(=O)C[C@@]12O. The van der Waals surface area contributed by atoms with E-state index >= 15 is 0 Å². The summed E-state index contributed by atoms with van der Waals surface area (Å²) in [6.45, 7) is 2.15. The highest BCUT2D eigenvalue weighted by molar-refractivity contribution is 5.77. The second-order valence-corrected chi connectivity index (χ2v) is 8.13. The predicted molar refractivity (Wildman–Crippen MR) is 88.2 cm³/mol. The van der Waals surface area contributed by atoms with Gasteiger partial charge in [0.1, 0.15) is 17.5 Å². The molecule has 1 aromatic rings. The van der Waals surface area contributed by atoms with Gasteiger partial charge in [-0.1, -0.05) is 18.6 Å². The van der Waals surface area contributed by atoms with Crippen LogP contribution in [0.25, 0.3) is 5.57 Å². The van der Waals surface area contributed by atoms with Crippen molar-refractivity contribution in [1.29, 1.82) is 0 Å². The molecule has 1 aliphatic heterocycles. The van der Waals surface area contributed by atoms with Gasteiger partial charge < -0.3 is 14.9 Å². The second kappa shape index (κ2) is 4.42. The van der Waals surface area contributed by atoms with E-state index in [-0.39, 0.29) is 29.8 Å². The maximum atomic E-state index is 11.7. The number of carbonyl (C=O) groups is 1. The molecule has 4 nitrogen and oxygen atoms in total. The monoisotopic (exact) mass is 326 g/mol. The second-order valence-electron chi connectivity index (χ2n) is 8.13. The molecule has 2 N–H and O–H groups in total. The molecule has 0 bridgehead atoms. The molecule has 1 unspecified atom stereocenters. The predicted octanol–water partition coefficient (Wildman–Crippen LogP) is 2.96. The van der Waals surface area contributed by atoms with Crippen molar-refractivity contribution in [2.24, 2.45) is 11.3 Å². The van der Waals surface area contributed by atoms with Crippen LogP contribution >= 0.6 is 0 Å². The first kappa shape index (κ1) is 14.5. The van der Waals surface area contributed by atoms with Crippen LogP contribution in [-0.2, 0) is 16.0 Å². The molecule has 1 saturated heterocycles. The molecule has 4 heteroatoms. The summed E-state index contributed by atoms with van der Waals surface area (Å²) in [5, 5.41) is 21.0. The largest absolute Gasteiger partial charge is 0.508 e. The summed E-state index contributed by atoms with van der Waals surface area (Å²) in [6, 6.07) is 5.68. The van der Waals surface area contributed by atoms with Crippen molar-refractivity contribution in [3.05, 3.63) is 34.9 Å². The maximum absolute atomic E-state index is 11.7. The normalized spacial score (nSPS) is 39.8.